The van der Waals surface area contributed by atoms with Gasteiger partial charge in [-0.25, -0.2) is 4.98 Å². The molecule has 1 N–H and O–H groups in total. The van der Waals surface area contributed by atoms with Gasteiger partial charge in [0.05, 0.1) is 6.20 Å². The molecule has 0 saturated carbocycles. The zero-order valence-corrected chi connectivity index (χ0v) is 9.19. The van der Waals surface area contributed by atoms with Crippen LogP contribution in [-0.2, 0) is 10.2 Å². The molecular formula is C11H17NO3. The average molecular weight is 211 g/mol. The Bertz CT molecular complexity index is 308. The maximum Gasteiger partial charge on any atom is 0.318 e. The minimum Gasteiger partial charge on any atom is -0.480 e. The number of hydrogen-bond acceptors (Lipinski definition) is 3. The molecule has 0 aliphatic carbocycles. The van der Waals surface area contributed by atoms with E-state index in [1.54, 1.807) is 6.92 Å². The summed E-state index contributed by atoms with van der Waals surface area (Å²) in [6.07, 6.45) is 6.44. The van der Waals surface area contributed by atoms with Crippen molar-refractivity contribution in [1.29, 1.82) is 0 Å². The summed E-state index contributed by atoms with van der Waals surface area (Å²) in [7, 11) is 0. The second-order valence-electron chi connectivity index (χ2n) is 3.93. The van der Waals surface area contributed by atoms with Crippen LogP contribution in [0.25, 0.3) is 0 Å². The lowest BCUT2D eigenvalue weighted by molar-refractivity contribution is -0.144. The highest BCUT2D eigenvalue weighted by atomic mass is 16.4. The Morgan fingerprint density at radius 1 is 1.60 bits per heavy atom. The lowest BCUT2D eigenvalue weighted by Gasteiger charge is -2.20. The van der Waals surface area contributed by atoms with Gasteiger partial charge in [0.15, 0.2) is 0 Å². The second kappa shape index (κ2) is 4.96. The first-order valence-electron chi connectivity index (χ1n) is 5.24. The Hall–Kier alpha value is -1.32. The number of carboxylic acid groups (broad SMARTS) is 1. The predicted molar refractivity (Wildman–Crippen MR) is 55.6 cm³/mol. The molecular weight excluding hydrogens is 194 g/mol. The monoisotopic (exact) mass is 211 g/mol. The van der Waals surface area contributed by atoms with Crippen LogP contribution in [0.15, 0.2) is 16.9 Å². The smallest absolute Gasteiger partial charge is 0.318 e. The molecule has 0 aromatic carbocycles. The van der Waals surface area contributed by atoms with Crippen molar-refractivity contribution in [1.82, 2.24) is 4.98 Å². The number of carbonyl (C=O) groups is 1. The average Bonchev–Trinajstić information content (AvgIpc) is 2.70. The number of unbranched alkanes of at least 4 members (excludes halogenated alkanes) is 2. The zero-order chi connectivity index (χ0) is 11.3. The molecule has 1 atom stereocenters. The molecule has 1 heterocycles. The molecule has 0 fully saturated rings. The van der Waals surface area contributed by atoms with Gasteiger partial charge in [0, 0.05) is 0 Å². The Balaban J connectivity index is 2.75. The molecule has 0 amide bonds. The first-order chi connectivity index (χ1) is 7.11. The molecule has 0 radical (unpaired) electrons. The molecule has 0 saturated heterocycles. The molecule has 0 bridgehead atoms. The van der Waals surface area contributed by atoms with Gasteiger partial charge in [-0.1, -0.05) is 26.2 Å². The highest BCUT2D eigenvalue weighted by Crippen LogP contribution is 2.28. The minimum absolute atomic E-state index is 0.297. The van der Waals surface area contributed by atoms with Crippen molar-refractivity contribution in [3.63, 3.8) is 0 Å². The quantitative estimate of drug-likeness (QED) is 0.734. The molecule has 0 aliphatic heterocycles. The van der Waals surface area contributed by atoms with Gasteiger partial charge >= 0.3 is 5.97 Å². The Labute approximate surface area is 89.3 Å². The largest absolute Gasteiger partial charge is 0.480 e. The van der Waals surface area contributed by atoms with E-state index in [-0.39, 0.29) is 0 Å². The van der Waals surface area contributed by atoms with E-state index in [2.05, 4.69) is 11.9 Å². The van der Waals surface area contributed by atoms with E-state index in [9.17, 15) is 9.90 Å². The predicted octanol–water partition coefficient (Wildman–Crippen LogP) is 2.60. The topological polar surface area (TPSA) is 63.3 Å². The van der Waals surface area contributed by atoms with Crippen molar-refractivity contribution in [3.05, 3.63) is 18.4 Å². The minimum atomic E-state index is -0.987. The van der Waals surface area contributed by atoms with E-state index in [4.69, 9.17) is 4.42 Å². The van der Waals surface area contributed by atoms with Crippen molar-refractivity contribution in [2.75, 3.05) is 0 Å². The van der Waals surface area contributed by atoms with Gasteiger partial charge in [0.1, 0.15) is 11.7 Å². The van der Waals surface area contributed by atoms with Crippen molar-refractivity contribution in [2.24, 2.45) is 0 Å². The lowest BCUT2D eigenvalue weighted by atomic mass is 9.84. The molecule has 0 aliphatic rings. The third-order valence-electron chi connectivity index (χ3n) is 2.66. The SMILES string of the molecule is CCCCCC(C)(C(=O)O)c1ncco1. The van der Waals surface area contributed by atoms with E-state index >= 15 is 0 Å². The molecule has 1 unspecified atom stereocenters. The highest BCUT2D eigenvalue weighted by molar-refractivity contribution is 5.79. The fourth-order valence-electron chi connectivity index (χ4n) is 1.53. The van der Waals surface area contributed by atoms with Crippen LogP contribution in [0.1, 0.15) is 45.4 Å². The van der Waals surface area contributed by atoms with Crippen LogP contribution >= 0.6 is 0 Å². The van der Waals surface area contributed by atoms with E-state index < -0.39 is 11.4 Å². The molecule has 1 aromatic rings. The van der Waals surface area contributed by atoms with E-state index in [1.807, 2.05) is 0 Å². The first-order valence-corrected chi connectivity index (χ1v) is 5.24. The Morgan fingerprint density at radius 3 is 2.80 bits per heavy atom. The number of hydrogen-bond donors (Lipinski definition) is 1. The maximum atomic E-state index is 11.2. The van der Waals surface area contributed by atoms with Gasteiger partial charge in [0.2, 0.25) is 5.89 Å². The van der Waals surface area contributed by atoms with E-state index in [0.29, 0.717) is 12.3 Å². The number of oxazole rings is 1. The maximum absolute atomic E-state index is 11.2. The van der Waals surface area contributed by atoms with Gasteiger partial charge in [-0.3, -0.25) is 4.79 Å². The van der Waals surface area contributed by atoms with Crippen LogP contribution in [-0.4, -0.2) is 16.1 Å². The van der Waals surface area contributed by atoms with Gasteiger partial charge in [-0.05, 0) is 13.3 Å². The Kier molecular flexibility index (Phi) is 3.88. The van der Waals surface area contributed by atoms with E-state index in [1.165, 1.54) is 12.5 Å². The third kappa shape index (κ3) is 2.58. The number of aliphatic carboxylic acids is 1. The van der Waals surface area contributed by atoms with Crippen LogP contribution in [0.4, 0.5) is 0 Å². The summed E-state index contributed by atoms with van der Waals surface area (Å²) in [4.78, 5) is 15.2. The van der Waals surface area contributed by atoms with Crippen LogP contribution in [0.3, 0.4) is 0 Å². The van der Waals surface area contributed by atoms with Crippen LogP contribution < -0.4 is 0 Å². The van der Waals surface area contributed by atoms with Gasteiger partial charge in [0.25, 0.3) is 0 Å². The van der Waals surface area contributed by atoms with Crippen molar-refractivity contribution in [3.8, 4) is 0 Å². The number of carboxylic acids is 1. The molecule has 4 nitrogen and oxygen atoms in total. The van der Waals surface area contributed by atoms with Gasteiger partial charge < -0.3 is 9.52 Å². The van der Waals surface area contributed by atoms with Crippen LogP contribution in [0, 0.1) is 0 Å². The molecule has 4 heteroatoms. The zero-order valence-electron chi connectivity index (χ0n) is 9.19. The summed E-state index contributed by atoms with van der Waals surface area (Å²) >= 11 is 0. The lowest BCUT2D eigenvalue weighted by Crippen LogP contribution is -2.32. The third-order valence-corrected chi connectivity index (χ3v) is 2.66. The highest BCUT2D eigenvalue weighted by Gasteiger charge is 2.38. The number of nitrogens with zero attached hydrogens (tertiary/aromatic N) is 1. The van der Waals surface area contributed by atoms with Gasteiger partial charge in [-0.2, -0.15) is 0 Å². The Morgan fingerprint density at radius 2 is 2.33 bits per heavy atom. The summed E-state index contributed by atoms with van der Waals surface area (Å²) in [6, 6.07) is 0. The summed E-state index contributed by atoms with van der Waals surface area (Å²) < 4.78 is 5.10. The van der Waals surface area contributed by atoms with Crippen molar-refractivity contribution >= 4 is 5.97 Å². The molecule has 1 aromatic heterocycles. The molecule has 15 heavy (non-hydrogen) atoms. The molecule has 1 rings (SSSR count). The summed E-state index contributed by atoms with van der Waals surface area (Å²) in [5.41, 5.74) is -0.987. The summed E-state index contributed by atoms with van der Waals surface area (Å²) in [5, 5.41) is 9.20. The summed E-state index contributed by atoms with van der Waals surface area (Å²) in [6.45, 7) is 3.75. The van der Waals surface area contributed by atoms with Crippen LogP contribution in [0.2, 0.25) is 0 Å². The fraction of sp³-hybridized carbons (Fsp3) is 0.636. The molecule has 0 spiro atoms. The van der Waals surface area contributed by atoms with Crippen molar-refractivity contribution in [2.45, 2.75) is 44.9 Å². The number of aromatic nitrogens is 1. The van der Waals surface area contributed by atoms with Crippen LogP contribution in [0.5, 0.6) is 0 Å². The van der Waals surface area contributed by atoms with Gasteiger partial charge in [-0.15, -0.1) is 0 Å². The summed E-state index contributed by atoms with van der Waals surface area (Å²) in [5.74, 6) is -0.577. The van der Waals surface area contributed by atoms with E-state index in [0.717, 1.165) is 19.3 Å². The fourth-order valence-corrected chi connectivity index (χ4v) is 1.53. The first kappa shape index (κ1) is 11.8. The second-order valence-corrected chi connectivity index (χ2v) is 3.93. The normalized spacial score (nSPS) is 14.8. The number of rotatable bonds is 6. The molecule has 84 valence electrons. The van der Waals surface area contributed by atoms with Crippen molar-refractivity contribution < 1.29 is 14.3 Å². The standard InChI is InChI=1S/C11H17NO3/c1-3-4-5-6-11(2,10(13)14)9-12-7-8-15-9/h7-8H,3-6H2,1-2H3,(H,13,14).